The van der Waals surface area contributed by atoms with Gasteiger partial charge < -0.3 is 10.6 Å². The van der Waals surface area contributed by atoms with Gasteiger partial charge in [0.25, 0.3) is 5.91 Å². The molecule has 3 rings (SSSR count). The van der Waals surface area contributed by atoms with Crippen LogP contribution in [0.5, 0.6) is 0 Å². The fourth-order valence-corrected chi connectivity index (χ4v) is 4.15. The van der Waals surface area contributed by atoms with E-state index < -0.39 is 10.0 Å². The Balaban J connectivity index is 1.50. The number of carbonyl (C=O) groups excluding carboxylic acids is 2. The van der Waals surface area contributed by atoms with Crippen LogP contribution in [0.25, 0.3) is 0 Å². The number of nitrogens with one attached hydrogen (secondary N) is 3. The molecule has 3 N–H and O–H groups in total. The number of hydrogen-bond acceptors (Lipinski definition) is 4. The molecule has 0 aromatic heterocycles. The summed E-state index contributed by atoms with van der Waals surface area (Å²) in [5.74, 6) is -0.402. The normalized spacial score (nSPS) is 11.1. The van der Waals surface area contributed by atoms with E-state index in [1.165, 1.54) is 36.8 Å². The summed E-state index contributed by atoms with van der Waals surface area (Å²) in [5.41, 5.74) is 4.12. The summed E-state index contributed by atoms with van der Waals surface area (Å²) in [6.07, 6.45) is 0.748. The Hall–Kier alpha value is -3.49. The van der Waals surface area contributed by atoms with Crippen LogP contribution < -0.4 is 15.4 Å². The zero-order chi connectivity index (χ0) is 23.8. The van der Waals surface area contributed by atoms with Crippen molar-refractivity contribution >= 4 is 27.5 Å². The zero-order valence-corrected chi connectivity index (χ0v) is 19.4. The third-order valence-corrected chi connectivity index (χ3v) is 6.40. The van der Waals surface area contributed by atoms with Crippen LogP contribution in [0.4, 0.5) is 5.69 Å². The van der Waals surface area contributed by atoms with Crippen LogP contribution >= 0.6 is 0 Å². The predicted molar refractivity (Wildman–Crippen MR) is 128 cm³/mol. The van der Waals surface area contributed by atoms with Gasteiger partial charge in [0, 0.05) is 31.3 Å². The summed E-state index contributed by atoms with van der Waals surface area (Å²) in [5, 5.41) is 5.49. The van der Waals surface area contributed by atoms with Gasteiger partial charge in [-0.15, -0.1) is 0 Å². The molecule has 7 nitrogen and oxygen atoms in total. The molecule has 0 heterocycles. The van der Waals surface area contributed by atoms with Gasteiger partial charge in [-0.3, -0.25) is 9.59 Å². The van der Waals surface area contributed by atoms with E-state index >= 15 is 0 Å². The van der Waals surface area contributed by atoms with E-state index in [9.17, 15) is 18.0 Å². The molecule has 8 heteroatoms. The van der Waals surface area contributed by atoms with Gasteiger partial charge >= 0.3 is 0 Å². The van der Waals surface area contributed by atoms with Crippen molar-refractivity contribution in [2.75, 3.05) is 11.9 Å². The molecule has 3 aromatic rings. The summed E-state index contributed by atoms with van der Waals surface area (Å²) in [4.78, 5) is 23.5. The number of sulfonamides is 1. The second kappa shape index (κ2) is 10.9. The second-order valence-corrected chi connectivity index (χ2v) is 9.49. The molecule has 3 aromatic carbocycles. The number of hydrogen-bond donors (Lipinski definition) is 3. The molecule has 0 saturated heterocycles. The third kappa shape index (κ3) is 7.27. The lowest BCUT2D eigenvalue weighted by atomic mass is 10.1. The molecular formula is C25H27N3O4S. The van der Waals surface area contributed by atoms with Gasteiger partial charge in [0.2, 0.25) is 15.9 Å². The SMILES string of the molecule is CC(=O)Nc1ccc(S(=O)(=O)NCc2ccc(C(=O)NCCc3ccc(C)cc3)cc2)cc1. The van der Waals surface area contributed by atoms with Gasteiger partial charge in [-0.05, 0) is 60.9 Å². The molecule has 0 aliphatic rings. The lowest BCUT2D eigenvalue weighted by Crippen LogP contribution is -2.26. The van der Waals surface area contributed by atoms with Gasteiger partial charge in [-0.2, -0.15) is 0 Å². The number of amides is 2. The summed E-state index contributed by atoms with van der Waals surface area (Å²) in [7, 11) is -3.71. The number of aryl methyl sites for hydroxylation is 1. The van der Waals surface area contributed by atoms with Crippen molar-refractivity contribution in [1.82, 2.24) is 10.0 Å². The maximum absolute atomic E-state index is 12.5. The highest BCUT2D eigenvalue weighted by Gasteiger charge is 2.14. The van der Waals surface area contributed by atoms with Crippen LogP contribution in [-0.4, -0.2) is 26.8 Å². The Morgan fingerprint density at radius 2 is 1.42 bits per heavy atom. The Morgan fingerprint density at radius 3 is 2.03 bits per heavy atom. The van der Waals surface area contributed by atoms with Gasteiger partial charge in [0.05, 0.1) is 4.90 Å². The third-order valence-electron chi connectivity index (χ3n) is 4.99. The first-order valence-corrected chi connectivity index (χ1v) is 12.0. The Morgan fingerprint density at radius 1 is 0.818 bits per heavy atom. The van der Waals surface area contributed by atoms with E-state index in [4.69, 9.17) is 0 Å². The minimum absolute atomic E-state index is 0.0884. The summed E-state index contributed by atoms with van der Waals surface area (Å²) < 4.78 is 27.6. The Bertz CT molecular complexity index is 1200. The first-order chi connectivity index (χ1) is 15.7. The number of anilines is 1. The molecule has 0 atom stereocenters. The molecule has 33 heavy (non-hydrogen) atoms. The molecule has 0 spiro atoms. The number of rotatable bonds is 9. The highest BCUT2D eigenvalue weighted by atomic mass is 32.2. The smallest absolute Gasteiger partial charge is 0.251 e. The quantitative estimate of drug-likeness (QED) is 0.450. The fourth-order valence-electron chi connectivity index (χ4n) is 3.13. The predicted octanol–water partition coefficient (Wildman–Crippen LogP) is 3.40. The molecule has 0 aliphatic carbocycles. The van der Waals surface area contributed by atoms with Crippen LogP contribution in [0.1, 0.15) is 34.0 Å². The summed E-state index contributed by atoms with van der Waals surface area (Å²) in [6.45, 7) is 4.04. The standard InChI is InChI=1S/C25H27N3O4S/c1-18-3-5-20(6-4-18)15-16-26-25(30)22-9-7-21(8-10-22)17-27-33(31,32)24-13-11-23(12-14-24)28-19(2)29/h3-14,27H,15-17H2,1-2H3,(H,26,30)(H,28,29). The van der Waals surface area contributed by atoms with Gasteiger partial charge in [0.15, 0.2) is 0 Å². The fraction of sp³-hybridized carbons (Fsp3) is 0.200. The van der Waals surface area contributed by atoms with Gasteiger partial charge in [-0.1, -0.05) is 42.0 Å². The van der Waals surface area contributed by atoms with E-state index in [1.807, 2.05) is 19.1 Å². The molecule has 0 saturated carbocycles. The number of carbonyl (C=O) groups is 2. The highest BCUT2D eigenvalue weighted by Crippen LogP contribution is 2.15. The monoisotopic (exact) mass is 465 g/mol. The van der Waals surface area contributed by atoms with Crippen LogP contribution in [0, 0.1) is 6.92 Å². The van der Waals surface area contributed by atoms with E-state index in [-0.39, 0.29) is 23.3 Å². The molecule has 0 aliphatic heterocycles. The zero-order valence-electron chi connectivity index (χ0n) is 18.6. The first-order valence-electron chi connectivity index (χ1n) is 10.5. The van der Waals surface area contributed by atoms with Gasteiger partial charge in [-0.25, -0.2) is 13.1 Å². The van der Waals surface area contributed by atoms with E-state index in [0.29, 0.717) is 17.8 Å². The van der Waals surface area contributed by atoms with E-state index in [2.05, 4.69) is 27.5 Å². The second-order valence-electron chi connectivity index (χ2n) is 7.72. The molecule has 2 amide bonds. The Kier molecular flexibility index (Phi) is 7.97. The van der Waals surface area contributed by atoms with Crippen LogP contribution in [0.2, 0.25) is 0 Å². The average Bonchev–Trinajstić information content (AvgIpc) is 2.79. The lowest BCUT2D eigenvalue weighted by molar-refractivity contribution is -0.114. The first kappa shape index (κ1) is 24.2. The topological polar surface area (TPSA) is 104 Å². The molecular weight excluding hydrogens is 438 g/mol. The number of benzene rings is 3. The lowest BCUT2D eigenvalue weighted by Gasteiger charge is -2.09. The van der Waals surface area contributed by atoms with Crippen molar-refractivity contribution in [1.29, 1.82) is 0 Å². The van der Waals surface area contributed by atoms with Crippen molar-refractivity contribution in [3.63, 3.8) is 0 Å². The van der Waals surface area contributed by atoms with Crippen LogP contribution in [0.15, 0.2) is 77.7 Å². The summed E-state index contributed by atoms with van der Waals surface area (Å²) >= 11 is 0. The average molecular weight is 466 g/mol. The van der Waals surface area contributed by atoms with Crippen molar-refractivity contribution < 1.29 is 18.0 Å². The van der Waals surface area contributed by atoms with Crippen molar-refractivity contribution in [3.8, 4) is 0 Å². The maximum atomic E-state index is 12.5. The Labute approximate surface area is 194 Å². The van der Waals surface area contributed by atoms with Crippen molar-refractivity contribution in [2.45, 2.75) is 31.7 Å². The minimum atomic E-state index is -3.71. The molecule has 0 fully saturated rings. The van der Waals surface area contributed by atoms with E-state index in [0.717, 1.165) is 17.5 Å². The minimum Gasteiger partial charge on any atom is -0.352 e. The molecule has 0 bridgehead atoms. The van der Waals surface area contributed by atoms with Crippen LogP contribution in [0.3, 0.4) is 0 Å². The van der Waals surface area contributed by atoms with Crippen molar-refractivity contribution in [3.05, 3.63) is 95.1 Å². The molecule has 172 valence electrons. The van der Waals surface area contributed by atoms with Crippen molar-refractivity contribution in [2.24, 2.45) is 0 Å². The summed E-state index contributed by atoms with van der Waals surface area (Å²) in [6, 6.07) is 20.9. The largest absolute Gasteiger partial charge is 0.352 e. The van der Waals surface area contributed by atoms with E-state index in [1.54, 1.807) is 24.3 Å². The molecule has 0 radical (unpaired) electrons. The maximum Gasteiger partial charge on any atom is 0.251 e. The van der Waals surface area contributed by atoms with Crippen LogP contribution in [-0.2, 0) is 27.8 Å². The molecule has 0 unspecified atom stereocenters. The highest BCUT2D eigenvalue weighted by molar-refractivity contribution is 7.89. The van der Waals surface area contributed by atoms with Gasteiger partial charge in [0.1, 0.15) is 0 Å².